The second-order valence-corrected chi connectivity index (χ2v) is 4.52. The summed E-state index contributed by atoms with van der Waals surface area (Å²) in [6.45, 7) is 3.17. The lowest BCUT2D eigenvalue weighted by Gasteiger charge is -2.07. The molecule has 0 aliphatic rings. The molecule has 4 heteroatoms. The number of carbonyl (C=O) groups excluding carboxylic acids is 1. The summed E-state index contributed by atoms with van der Waals surface area (Å²) in [4.78, 5) is 11.4. The zero-order chi connectivity index (χ0) is 10.9. The number of carbonyl (C=O) groups is 1. The summed E-state index contributed by atoms with van der Waals surface area (Å²) in [7, 11) is -1.28. The summed E-state index contributed by atoms with van der Waals surface area (Å²) in [5.74, 6) is -0.387. The summed E-state index contributed by atoms with van der Waals surface area (Å²) in [5, 5.41) is 9.64. The van der Waals surface area contributed by atoms with Crippen LogP contribution in [-0.4, -0.2) is 21.4 Å². The van der Waals surface area contributed by atoms with E-state index in [1.807, 2.05) is 0 Å². The Morgan fingerprint density at radius 2 is 2.00 bits per heavy atom. The van der Waals surface area contributed by atoms with Crippen molar-refractivity contribution in [1.29, 1.82) is 0 Å². The molecule has 0 aromatic heterocycles. The van der Waals surface area contributed by atoms with E-state index in [1.54, 1.807) is 19.1 Å². The Bertz CT molecular complexity index is 375. The van der Waals surface area contributed by atoms with Crippen LogP contribution < -0.4 is 0 Å². The number of hydrogen-bond donors (Lipinski definition) is 1. The minimum absolute atomic E-state index is 0.163. The van der Waals surface area contributed by atoms with Crippen LogP contribution in [0.1, 0.15) is 22.8 Å². The van der Waals surface area contributed by atoms with Gasteiger partial charge in [-0.05, 0) is 31.5 Å². The number of Topliss-reactive ketones (excluding diaryl/α,β-unsaturated/α-hetero) is 1. The molecule has 0 saturated carbocycles. The first kappa shape index (κ1) is 10.9. The number of rotatable bonds is 2. The highest BCUT2D eigenvalue weighted by Gasteiger charge is 2.14. The standard InChI is InChI=1S/C10H12O3S/c1-6-4-8(7(2)11)10(12)9(5-6)14(3)13/h4-5,12H,1-3H3. The summed E-state index contributed by atoms with van der Waals surface area (Å²) in [6, 6.07) is 3.21. The Balaban J connectivity index is 3.47. The quantitative estimate of drug-likeness (QED) is 0.758. The summed E-state index contributed by atoms with van der Waals surface area (Å²) in [5.41, 5.74) is 1.05. The highest BCUT2D eigenvalue weighted by atomic mass is 32.2. The van der Waals surface area contributed by atoms with Crippen LogP contribution in [0.3, 0.4) is 0 Å². The van der Waals surface area contributed by atoms with E-state index in [-0.39, 0.29) is 17.1 Å². The monoisotopic (exact) mass is 212 g/mol. The summed E-state index contributed by atoms with van der Waals surface area (Å²) >= 11 is 0. The molecule has 1 atom stereocenters. The van der Waals surface area contributed by atoms with Crippen molar-refractivity contribution in [1.82, 2.24) is 0 Å². The second kappa shape index (κ2) is 3.92. The molecule has 1 aromatic rings. The average Bonchev–Trinajstić information content (AvgIpc) is 2.07. The minimum atomic E-state index is -1.28. The Labute approximate surface area is 85.2 Å². The Morgan fingerprint density at radius 3 is 2.43 bits per heavy atom. The Hall–Kier alpha value is -1.16. The van der Waals surface area contributed by atoms with E-state index in [0.717, 1.165) is 5.56 Å². The molecular formula is C10H12O3S. The zero-order valence-electron chi connectivity index (χ0n) is 8.33. The normalized spacial score (nSPS) is 12.5. The molecule has 0 amide bonds. The number of hydrogen-bond acceptors (Lipinski definition) is 3. The van der Waals surface area contributed by atoms with Crippen molar-refractivity contribution in [3.8, 4) is 5.75 Å². The van der Waals surface area contributed by atoms with Gasteiger partial charge in [0.2, 0.25) is 0 Å². The largest absolute Gasteiger partial charge is 0.506 e. The molecule has 0 radical (unpaired) electrons. The van der Waals surface area contributed by atoms with E-state index in [1.165, 1.54) is 13.2 Å². The molecule has 0 aliphatic carbocycles. The molecule has 0 heterocycles. The third kappa shape index (κ3) is 2.01. The molecule has 0 fully saturated rings. The third-order valence-corrected chi connectivity index (χ3v) is 2.84. The molecule has 76 valence electrons. The highest BCUT2D eigenvalue weighted by molar-refractivity contribution is 7.84. The van der Waals surface area contributed by atoms with Gasteiger partial charge in [0.15, 0.2) is 5.78 Å². The van der Waals surface area contributed by atoms with E-state index >= 15 is 0 Å². The maximum absolute atomic E-state index is 11.2. The van der Waals surface area contributed by atoms with E-state index in [0.29, 0.717) is 4.90 Å². The van der Waals surface area contributed by atoms with Gasteiger partial charge in [-0.25, -0.2) is 0 Å². The predicted molar refractivity (Wildman–Crippen MR) is 55.2 cm³/mol. The van der Waals surface area contributed by atoms with Crippen molar-refractivity contribution in [2.75, 3.05) is 6.26 Å². The van der Waals surface area contributed by atoms with Crippen molar-refractivity contribution in [2.24, 2.45) is 0 Å². The van der Waals surface area contributed by atoms with Crippen molar-refractivity contribution in [2.45, 2.75) is 18.7 Å². The topological polar surface area (TPSA) is 54.4 Å². The van der Waals surface area contributed by atoms with E-state index < -0.39 is 10.8 Å². The van der Waals surface area contributed by atoms with Crippen LogP contribution in [0.5, 0.6) is 5.75 Å². The Kier molecular flexibility index (Phi) is 3.06. The van der Waals surface area contributed by atoms with Crippen molar-refractivity contribution in [3.63, 3.8) is 0 Å². The van der Waals surface area contributed by atoms with Gasteiger partial charge in [0.25, 0.3) is 0 Å². The molecule has 14 heavy (non-hydrogen) atoms. The van der Waals surface area contributed by atoms with E-state index in [9.17, 15) is 14.1 Å². The van der Waals surface area contributed by atoms with Gasteiger partial charge in [0, 0.05) is 6.26 Å². The van der Waals surface area contributed by atoms with Crippen molar-refractivity contribution in [3.05, 3.63) is 23.3 Å². The number of phenols is 1. The molecule has 0 bridgehead atoms. The summed E-state index contributed by atoms with van der Waals surface area (Å²) < 4.78 is 11.2. The first-order chi connectivity index (χ1) is 6.43. The van der Waals surface area contributed by atoms with Crippen LogP contribution in [0.2, 0.25) is 0 Å². The predicted octanol–water partition coefficient (Wildman–Crippen LogP) is 1.64. The van der Waals surface area contributed by atoms with Crippen LogP contribution in [0.15, 0.2) is 17.0 Å². The first-order valence-corrected chi connectivity index (χ1v) is 5.67. The maximum Gasteiger partial charge on any atom is 0.163 e. The molecule has 0 aliphatic heterocycles. The molecule has 0 spiro atoms. The van der Waals surface area contributed by atoms with Gasteiger partial charge in [0.05, 0.1) is 21.3 Å². The maximum atomic E-state index is 11.2. The number of benzene rings is 1. The van der Waals surface area contributed by atoms with Crippen molar-refractivity contribution < 1.29 is 14.1 Å². The molecule has 1 rings (SSSR count). The molecular weight excluding hydrogens is 200 g/mol. The average molecular weight is 212 g/mol. The Morgan fingerprint density at radius 1 is 1.43 bits per heavy atom. The van der Waals surface area contributed by atoms with Crippen LogP contribution in [0.4, 0.5) is 0 Å². The second-order valence-electron chi connectivity index (χ2n) is 3.17. The third-order valence-electron chi connectivity index (χ3n) is 1.91. The van der Waals surface area contributed by atoms with Gasteiger partial charge < -0.3 is 5.11 Å². The van der Waals surface area contributed by atoms with Gasteiger partial charge in [-0.1, -0.05) is 0 Å². The number of aryl methyl sites for hydroxylation is 1. The zero-order valence-corrected chi connectivity index (χ0v) is 9.14. The number of ketones is 1. The van der Waals surface area contributed by atoms with Gasteiger partial charge in [-0.2, -0.15) is 0 Å². The molecule has 3 nitrogen and oxygen atoms in total. The first-order valence-electron chi connectivity index (χ1n) is 4.11. The molecule has 1 N–H and O–H groups in total. The van der Waals surface area contributed by atoms with Gasteiger partial charge in [0.1, 0.15) is 5.75 Å². The smallest absolute Gasteiger partial charge is 0.163 e. The number of phenolic OH excluding ortho intramolecular Hbond substituents is 1. The lowest BCUT2D eigenvalue weighted by atomic mass is 10.1. The van der Waals surface area contributed by atoms with Crippen LogP contribution in [0.25, 0.3) is 0 Å². The molecule has 1 unspecified atom stereocenters. The van der Waals surface area contributed by atoms with Gasteiger partial charge >= 0.3 is 0 Å². The highest BCUT2D eigenvalue weighted by Crippen LogP contribution is 2.27. The van der Waals surface area contributed by atoms with Gasteiger partial charge in [-0.15, -0.1) is 0 Å². The fourth-order valence-electron chi connectivity index (χ4n) is 1.23. The fraction of sp³-hybridized carbons (Fsp3) is 0.300. The van der Waals surface area contributed by atoms with Crippen LogP contribution in [-0.2, 0) is 10.8 Å². The fourth-order valence-corrected chi connectivity index (χ4v) is 1.97. The van der Waals surface area contributed by atoms with Gasteiger partial charge in [-0.3, -0.25) is 9.00 Å². The number of aromatic hydroxyl groups is 1. The van der Waals surface area contributed by atoms with Crippen LogP contribution in [0, 0.1) is 6.92 Å². The SMILES string of the molecule is CC(=O)c1cc(C)cc(S(C)=O)c1O. The van der Waals surface area contributed by atoms with E-state index in [2.05, 4.69) is 0 Å². The lowest BCUT2D eigenvalue weighted by Crippen LogP contribution is -1.98. The summed E-state index contributed by atoms with van der Waals surface area (Å²) in [6.07, 6.45) is 1.47. The molecule has 0 saturated heterocycles. The van der Waals surface area contributed by atoms with E-state index in [4.69, 9.17) is 0 Å². The van der Waals surface area contributed by atoms with Crippen molar-refractivity contribution >= 4 is 16.6 Å². The minimum Gasteiger partial charge on any atom is -0.506 e. The lowest BCUT2D eigenvalue weighted by molar-refractivity contribution is 0.101. The van der Waals surface area contributed by atoms with Crippen LogP contribution >= 0.6 is 0 Å². The molecule has 1 aromatic carbocycles.